The molecular weight excluding hydrogens is 373 g/mol. The van der Waals surface area contributed by atoms with Gasteiger partial charge in [-0.3, -0.25) is 9.78 Å². The van der Waals surface area contributed by atoms with Crippen LogP contribution in [0.3, 0.4) is 0 Å². The van der Waals surface area contributed by atoms with E-state index in [0.29, 0.717) is 17.1 Å². The molecule has 1 aromatic carbocycles. The maximum Gasteiger partial charge on any atom is 0.254 e. The zero-order chi connectivity index (χ0) is 16.8. The molecule has 0 aliphatic carbocycles. The number of aromatic nitrogens is 1. The molecule has 1 aliphatic heterocycles. The Morgan fingerprint density at radius 1 is 1.23 bits per heavy atom. The number of pyridine rings is 1. The molecule has 7 heteroatoms. The summed E-state index contributed by atoms with van der Waals surface area (Å²) in [5.41, 5.74) is 0.668. The van der Waals surface area contributed by atoms with Crippen molar-refractivity contribution < 1.29 is 9.53 Å². The predicted octanol–water partition coefficient (Wildman–Crippen LogP) is 3.93. The Morgan fingerprint density at radius 3 is 2.65 bits per heavy atom. The fourth-order valence-electron chi connectivity index (χ4n) is 3.00. The normalized spacial score (nSPS) is 15.5. The molecule has 1 N–H and O–H groups in total. The number of amides is 1. The molecule has 1 aliphatic rings. The lowest BCUT2D eigenvalue weighted by Crippen LogP contribution is -2.42. The van der Waals surface area contributed by atoms with Gasteiger partial charge in [-0.15, -0.1) is 24.8 Å². The van der Waals surface area contributed by atoms with Crippen LogP contribution < -0.4 is 10.1 Å². The summed E-state index contributed by atoms with van der Waals surface area (Å²) in [4.78, 5) is 18.9. The molecule has 142 valence electrons. The first-order chi connectivity index (χ1) is 11.8. The molecule has 1 fully saturated rings. The lowest BCUT2D eigenvalue weighted by atomic mass is 10.1. The Morgan fingerprint density at radius 2 is 2.00 bits per heavy atom. The van der Waals surface area contributed by atoms with Crippen LogP contribution >= 0.6 is 24.8 Å². The minimum absolute atomic E-state index is 0. The van der Waals surface area contributed by atoms with Gasteiger partial charge in [0.15, 0.2) is 0 Å². The maximum atomic E-state index is 13.0. The van der Waals surface area contributed by atoms with E-state index in [1.165, 1.54) is 0 Å². The molecule has 1 amide bonds. The molecule has 2 heterocycles. The molecule has 26 heavy (non-hydrogen) atoms. The largest absolute Gasteiger partial charge is 0.457 e. The maximum absolute atomic E-state index is 13.0. The number of nitrogens with zero attached hydrogens (tertiary/aromatic N) is 2. The highest BCUT2D eigenvalue weighted by molar-refractivity contribution is 5.95. The van der Waals surface area contributed by atoms with Gasteiger partial charge in [0.2, 0.25) is 0 Å². The van der Waals surface area contributed by atoms with Gasteiger partial charge in [-0.2, -0.15) is 0 Å². The highest BCUT2D eigenvalue weighted by Crippen LogP contribution is 2.23. The first-order valence-corrected chi connectivity index (χ1v) is 8.47. The molecule has 5 nitrogen and oxygen atoms in total. The summed E-state index contributed by atoms with van der Waals surface area (Å²) in [6.45, 7) is 4.73. The van der Waals surface area contributed by atoms with Gasteiger partial charge >= 0.3 is 0 Å². The van der Waals surface area contributed by atoms with Crippen molar-refractivity contribution in [2.75, 3.05) is 19.6 Å². The van der Waals surface area contributed by atoms with Crippen molar-refractivity contribution >= 4 is 30.7 Å². The molecule has 1 aromatic heterocycles. The Labute approximate surface area is 167 Å². The van der Waals surface area contributed by atoms with Crippen LogP contribution in [0.4, 0.5) is 0 Å². The van der Waals surface area contributed by atoms with Gasteiger partial charge in [-0.25, -0.2) is 0 Å². The van der Waals surface area contributed by atoms with E-state index in [-0.39, 0.29) is 36.8 Å². The number of ether oxygens (including phenoxy) is 1. The predicted molar refractivity (Wildman–Crippen MR) is 108 cm³/mol. The number of hydrogen-bond donors (Lipinski definition) is 1. The van der Waals surface area contributed by atoms with E-state index in [2.05, 4.69) is 17.2 Å². The summed E-state index contributed by atoms with van der Waals surface area (Å²) in [6.07, 6.45) is 5.33. The van der Waals surface area contributed by atoms with Crippen LogP contribution in [0.1, 0.15) is 30.1 Å². The highest BCUT2D eigenvalue weighted by Gasteiger charge is 2.26. The van der Waals surface area contributed by atoms with E-state index >= 15 is 0 Å². The van der Waals surface area contributed by atoms with Gasteiger partial charge in [0.25, 0.3) is 5.91 Å². The number of rotatable bonds is 6. The molecule has 1 unspecified atom stereocenters. The van der Waals surface area contributed by atoms with Crippen LogP contribution in [-0.4, -0.2) is 41.5 Å². The van der Waals surface area contributed by atoms with Gasteiger partial charge in [0, 0.05) is 37.1 Å². The zero-order valence-corrected chi connectivity index (χ0v) is 16.4. The fraction of sp³-hybridized carbons (Fsp3) is 0.368. The van der Waals surface area contributed by atoms with E-state index in [0.717, 1.165) is 32.5 Å². The molecule has 0 spiro atoms. The minimum atomic E-state index is 0. The van der Waals surface area contributed by atoms with E-state index in [1.807, 2.05) is 29.2 Å². The molecule has 0 radical (unpaired) electrons. The Kier molecular flexibility index (Phi) is 9.41. The van der Waals surface area contributed by atoms with Crippen LogP contribution in [0.2, 0.25) is 0 Å². The Bertz CT molecular complexity index is 679. The van der Waals surface area contributed by atoms with Crippen LogP contribution in [0.25, 0.3) is 0 Å². The highest BCUT2D eigenvalue weighted by atomic mass is 35.5. The van der Waals surface area contributed by atoms with Crippen molar-refractivity contribution in [1.82, 2.24) is 15.2 Å². The van der Waals surface area contributed by atoms with Gasteiger partial charge in [0.05, 0.1) is 0 Å². The van der Waals surface area contributed by atoms with E-state index in [1.54, 1.807) is 24.5 Å². The molecule has 0 saturated carbocycles. The number of carbonyl (C=O) groups excluding carboxylic acids is 1. The van der Waals surface area contributed by atoms with Gasteiger partial charge < -0.3 is 15.0 Å². The van der Waals surface area contributed by atoms with E-state index in [4.69, 9.17) is 4.74 Å². The van der Waals surface area contributed by atoms with Crippen LogP contribution in [0, 0.1) is 0 Å². The third-order valence-corrected chi connectivity index (χ3v) is 4.17. The van der Waals surface area contributed by atoms with Crippen LogP contribution in [-0.2, 0) is 0 Å². The van der Waals surface area contributed by atoms with Crippen LogP contribution in [0.15, 0.2) is 48.8 Å². The smallest absolute Gasteiger partial charge is 0.254 e. The van der Waals surface area contributed by atoms with E-state index in [9.17, 15) is 4.79 Å². The quantitative estimate of drug-likeness (QED) is 0.801. The first kappa shape index (κ1) is 22.2. The van der Waals surface area contributed by atoms with Crippen molar-refractivity contribution in [3.8, 4) is 11.5 Å². The molecule has 2 aromatic rings. The van der Waals surface area contributed by atoms with Crippen molar-refractivity contribution in [2.45, 2.75) is 25.8 Å². The van der Waals surface area contributed by atoms with Gasteiger partial charge in [-0.05, 0) is 49.7 Å². The Hall–Kier alpha value is -1.82. The summed E-state index contributed by atoms with van der Waals surface area (Å²) < 4.78 is 5.81. The van der Waals surface area contributed by atoms with Crippen LogP contribution in [0.5, 0.6) is 11.5 Å². The lowest BCUT2D eigenvalue weighted by Gasteiger charge is -2.28. The zero-order valence-electron chi connectivity index (χ0n) is 14.8. The number of benzene rings is 1. The van der Waals surface area contributed by atoms with Crippen molar-refractivity contribution in [1.29, 1.82) is 0 Å². The first-order valence-electron chi connectivity index (χ1n) is 8.47. The second kappa shape index (κ2) is 11.0. The third-order valence-electron chi connectivity index (χ3n) is 4.17. The Balaban J connectivity index is 0.00000169. The molecule has 1 atom stereocenters. The summed E-state index contributed by atoms with van der Waals surface area (Å²) >= 11 is 0. The summed E-state index contributed by atoms with van der Waals surface area (Å²) in [6, 6.07) is 11.3. The number of halogens is 2. The summed E-state index contributed by atoms with van der Waals surface area (Å²) in [5.74, 6) is 1.44. The minimum Gasteiger partial charge on any atom is -0.457 e. The second-order valence-corrected chi connectivity index (χ2v) is 5.96. The molecule has 3 rings (SSSR count). The SMILES string of the molecule is CCCN(C(=O)c1cccc(Oc2ccncc2)c1)C1CCNC1.Cl.Cl. The average Bonchev–Trinajstić information content (AvgIpc) is 3.14. The molecular formula is C19H25Cl2N3O2. The molecule has 0 bridgehead atoms. The van der Waals surface area contributed by atoms with Gasteiger partial charge in [0.1, 0.15) is 11.5 Å². The van der Waals surface area contributed by atoms with Gasteiger partial charge in [-0.1, -0.05) is 13.0 Å². The third kappa shape index (κ3) is 5.59. The number of hydrogen-bond acceptors (Lipinski definition) is 4. The second-order valence-electron chi connectivity index (χ2n) is 5.96. The molecule has 1 saturated heterocycles. The number of carbonyl (C=O) groups is 1. The fourth-order valence-corrected chi connectivity index (χ4v) is 3.00. The van der Waals surface area contributed by atoms with E-state index < -0.39 is 0 Å². The summed E-state index contributed by atoms with van der Waals surface area (Å²) in [7, 11) is 0. The van der Waals surface area contributed by atoms with Crippen molar-refractivity contribution in [3.63, 3.8) is 0 Å². The lowest BCUT2D eigenvalue weighted by molar-refractivity contribution is 0.0692. The standard InChI is InChI=1S/C19H23N3O2.2ClH/c1-2-12-22(16-6-9-21-14-16)19(23)15-4-3-5-18(13-15)24-17-7-10-20-11-8-17;;/h3-5,7-8,10-11,13,16,21H,2,6,9,12,14H2,1H3;2*1H. The number of nitrogens with one attached hydrogen (secondary N) is 1. The topological polar surface area (TPSA) is 54.5 Å². The van der Waals surface area contributed by atoms with Crippen molar-refractivity contribution in [3.05, 3.63) is 54.4 Å². The monoisotopic (exact) mass is 397 g/mol. The van der Waals surface area contributed by atoms with Crippen molar-refractivity contribution in [2.24, 2.45) is 0 Å². The average molecular weight is 398 g/mol. The summed E-state index contributed by atoms with van der Waals surface area (Å²) in [5, 5.41) is 3.34.